The molecule has 3 N–H and O–H groups in total. The summed E-state index contributed by atoms with van der Waals surface area (Å²) in [7, 11) is 0. The first-order valence-electron chi connectivity index (χ1n) is 8.18. The number of ether oxygens (including phenoxy) is 2. The zero-order chi connectivity index (χ0) is 17.4. The van der Waals surface area contributed by atoms with Crippen molar-refractivity contribution in [1.82, 2.24) is 5.32 Å². The number of nitrogens with one attached hydrogen (secondary N) is 1. The fourth-order valence-corrected chi connectivity index (χ4v) is 2.49. The highest BCUT2D eigenvalue weighted by Crippen LogP contribution is 2.18. The highest BCUT2D eigenvalue weighted by atomic mass is 16.5. The second-order valence-electron chi connectivity index (χ2n) is 5.67. The van der Waals surface area contributed by atoms with E-state index in [1.807, 2.05) is 19.1 Å². The van der Waals surface area contributed by atoms with Crippen molar-refractivity contribution in [3.63, 3.8) is 0 Å². The number of primary amides is 1. The van der Waals surface area contributed by atoms with Crippen LogP contribution in [0.25, 0.3) is 0 Å². The monoisotopic (exact) mass is 332 g/mol. The standard InChI is InChI=1S/C18H24N2O4/c1-2-3-4-5-17(21)20-15-10-11-23-12-16(15)24-14-8-6-13(7-9-14)18(19)22/h3-4,6-9,15-16H,2,5,10-12H2,1H3,(H2,19,22)(H,20,21)/b4-3+/t15-,16-/m1/s1. The first-order chi connectivity index (χ1) is 11.6. The van der Waals surface area contributed by atoms with E-state index in [1.165, 1.54) is 0 Å². The van der Waals surface area contributed by atoms with Crippen molar-refractivity contribution < 1.29 is 19.1 Å². The lowest BCUT2D eigenvalue weighted by Crippen LogP contribution is -2.51. The maximum atomic E-state index is 12.0. The van der Waals surface area contributed by atoms with Crippen molar-refractivity contribution in [3.8, 4) is 5.75 Å². The number of amides is 2. The van der Waals surface area contributed by atoms with E-state index in [0.717, 1.165) is 6.42 Å². The Labute approximate surface area is 142 Å². The van der Waals surface area contributed by atoms with Crippen molar-refractivity contribution in [2.24, 2.45) is 5.73 Å². The fraction of sp³-hybridized carbons (Fsp3) is 0.444. The molecule has 6 heteroatoms. The maximum Gasteiger partial charge on any atom is 0.248 e. The fourth-order valence-electron chi connectivity index (χ4n) is 2.49. The van der Waals surface area contributed by atoms with Crippen LogP contribution in [0.5, 0.6) is 5.75 Å². The Morgan fingerprint density at radius 1 is 1.33 bits per heavy atom. The van der Waals surface area contributed by atoms with Crippen LogP contribution in [0.1, 0.15) is 36.5 Å². The van der Waals surface area contributed by atoms with Gasteiger partial charge in [-0.3, -0.25) is 9.59 Å². The summed E-state index contributed by atoms with van der Waals surface area (Å²) in [5, 5.41) is 3.01. The van der Waals surface area contributed by atoms with Crippen LogP contribution in [0, 0.1) is 0 Å². The Kier molecular flexibility index (Phi) is 6.81. The Bertz CT molecular complexity index is 583. The van der Waals surface area contributed by atoms with E-state index in [2.05, 4.69) is 5.32 Å². The van der Waals surface area contributed by atoms with Gasteiger partial charge in [0.1, 0.15) is 11.9 Å². The summed E-state index contributed by atoms with van der Waals surface area (Å²) in [5.41, 5.74) is 5.65. The Morgan fingerprint density at radius 3 is 2.75 bits per heavy atom. The molecule has 0 spiro atoms. The van der Waals surface area contributed by atoms with Crippen LogP contribution < -0.4 is 15.8 Å². The molecule has 0 radical (unpaired) electrons. The molecule has 0 saturated carbocycles. The largest absolute Gasteiger partial charge is 0.486 e. The van der Waals surface area contributed by atoms with Gasteiger partial charge >= 0.3 is 0 Å². The van der Waals surface area contributed by atoms with Crippen molar-refractivity contribution in [3.05, 3.63) is 42.0 Å². The van der Waals surface area contributed by atoms with Crippen LogP contribution in [0.4, 0.5) is 0 Å². The van der Waals surface area contributed by atoms with Crippen LogP contribution in [0.2, 0.25) is 0 Å². The Morgan fingerprint density at radius 2 is 2.08 bits per heavy atom. The number of allylic oxidation sites excluding steroid dienone is 1. The van der Waals surface area contributed by atoms with Crippen molar-refractivity contribution in [2.75, 3.05) is 13.2 Å². The smallest absolute Gasteiger partial charge is 0.248 e. The van der Waals surface area contributed by atoms with Crippen molar-refractivity contribution in [2.45, 2.75) is 38.3 Å². The second-order valence-corrected chi connectivity index (χ2v) is 5.67. The van der Waals surface area contributed by atoms with Gasteiger partial charge in [0.2, 0.25) is 11.8 Å². The first-order valence-corrected chi connectivity index (χ1v) is 8.18. The molecule has 1 heterocycles. The lowest BCUT2D eigenvalue weighted by molar-refractivity contribution is -0.123. The molecule has 2 atom stereocenters. The number of carbonyl (C=O) groups excluding carboxylic acids is 2. The molecule has 1 fully saturated rings. The summed E-state index contributed by atoms with van der Waals surface area (Å²) >= 11 is 0. The predicted octanol–water partition coefficient (Wildman–Crippen LogP) is 1.79. The highest BCUT2D eigenvalue weighted by Gasteiger charge is 2.28. The van der Waals surface area contributed by atoms with Gasteiger partial charge in [-0.25, -0.2) is 0 Å². The number of hydrogen-bond donors (Lipinski definition) is 2. The molecular formula is C18H24N2O4. The van der Waals surface area contributed by atoms with E-state index in [1.54, 1.807) is 24.3 Å². The molecule has 130 valence electrons. The average molecular weight is 332 g/mol. The molecule has 2 rings (SSSR count). The van der Waals surface area contributed by atoms with Gasteiger partial charge in [-0.05, 0) is 37.1 Å². The Balaban J connectivity index is 1.94. The van der Waals surface area contributed by atoms with Gasteiger partial charge < -0.3 is 20.5 Å². The van der Waals surface area contributed by atoms with Gasteiger partial charge in [0.25, 0.3) is 0 Å². The Hall–Kier alpha value is -2.34. The van der Waals surface area contributed by atoms with E-state index in [-0.39, 0.29) is 18.1 Å². The van der Waals surface area contributed by atoms with Crippen molar-refractivity contribution >= 4 is 11.8 Å². The quantitative estimate of drug-likeness (QED) is 0.745. The number of nitrogens with two attached hydrogens (primary N) is 1. The molecule has 1 aromatic carbocycles. The van der Waals surface area contributed by atoms with Gasteiger partial charge in [0, 0.05) is 18.6 Å². The van der Waals surface area contributed by atoms with Crippen LogP contribution in [0.3, 0.4) is 0 Å². The number of carbonyl (C=O) groups is 2. The molecule has 0 unspecified atom stereocenters. The summed E-state index contributed by atoms with van der Waals surface area (Å²) in [6.07, 6.45) is 5.55. The lowest BCUT2D eigenvalue weighted by atomic mass is 10.1. The van der Waals surface area contributed by atoms with E-state index < -0.39 is 5.91 Å². The molecule has 1 aliphatic rings. The minimum atomic E-state index is -0.479. The zero-order valence-electron chi connectivity index (χ0n) is 13.9. The van der Waals surface area contributed by atoms with Gasteiger partial charge in [0.15, 0.2) is 0 Å². The maximum absolute atomic E-state index is 12.0. The first kappa shape index (κ1) is 18.0. The topological polar surface area (TPSA) is 90.7 Å². The third-order valence-corrected chi connectivity index (χ3v) is 3.78. The number of hydrogen-bond acceptors (Lipinski definition) is 4. The van der Waals surface area contributed by atoms with Crippen LogP contribution >= 0.6 is 0 Å². The molecule has 24 heavy (non-hydrogen) atoms. The molecule has 1 saturated heterocycles. The molecule has 1 aromatic rings. The van der Waals surface area contributed by atoms with E-state index >= 15 is 0 Å². The molecule has 6 nitrogen and oxygen atoms in total. The van der Waals surface area contributed by atoms with Gasteiger partial charge in [-0.15, -0.1) is 0 Å². The zero-order valence-corrected chi connectivity index (χ0v) is 13.9. The van der Waals surface area contributed by atoms with E-state index in [9.17, 15) is 9.59 Å². The summed E-state index contributed by atoms with van der Waals surface area (Å²) < 4.78 is 11.4. The second kappa shape index (κ2) is 9.08. The van der Waals surface area contributed by atoms with E-state index in [4.69, 9.17) is 15.2 Å². The predicted molar refractivity (Wildman–Crippen MR) is 90.8 cm³/mol. The molecule has 2 amide bonds. The minimum Gasteiger partial charge on any atom is -0.486 e. The third-order valence-electron chi connectivity index (χ3n) is 3.78. The number of benzene rings is 1. The average Bonchev–Trinajstić information content (AvgIpc) is 2.57. The molecule has 0 bridgehead atoms. The number of rotatable bonds is 7. The van der Waals surface area contributed by atoms with Crippen molar-refractivity contribution in [1.29, 1.82) is 0 Å². The molecule has 0 aliphatic carbocycles. The molecular weight excluding hydrogens is 308 g/mol. The normalized spacial score (nSPS) is 20.7. The minimum absolute atomic E-state index is 0.0238. The van der Waals surface area contributed by atoms with Crippen LogP contribution in [-0.2, 0) is 9.53 Å². The molecule has 1 aliphatic heterocycles. The third kappa shape index (κ3) is 5.38. The molecule has 0 aromatic heterocycles. The van der Waals surface area contributed by atoms with E-state index in [0.29, 0.717) is 37.4 Å². The lowest BCUT2D eigenvalue weighted by Gasteiger charge is -2.32. The van der Waals surface area contributed by atoms with Gasteiger partial charge in [-0.1, -0.05) is 19.1 Å². The highest BCUT2D eigenvalue weighted by molar-refractivity contribution is 5.92. The summed E-state index contributed by atoms with van der Waals surface area (Å²) in [6.45, 7) is 3.03. The summed E-state index contributed by atoms with van der Waals surface area (Å²) in [4.78, 5) is 23.1. The SMILES string of the molecule is CC/C=C/CC(=O)N[C@@H]1CCOC[C@H]1Oc1ccc(C(N)=O)cc1. The van der Waals surface area contributed by atoms with Crippen LogP contribution in [0.15, 0.2) is 36.4 Å². The summed E-state index contributed by atoms with van der Waals surface area (Å²) in [5.74, 6) is 0.109. The van der Waals surface area contributed by atoms with Crippen LogP contribution in [-0.4, -0.2) is 37.2 Å². The summed E-state index contributed by atoms with van der Waals surface area (Å²) in [6, 6.07) is 6.52. The van der Waals surface area contributed by atoms with Gasteiger partial charge in [-0.2, -0.15) is 0 Å². The van der Waals surface area contributed by atoms with Gasteiger partial charge in [0.05, 0.1) is 12.6 Å².